The predicted molar refractivity (Wildman–Crippen MR) is 77.7 cm³/mol. The zero-order chi connectivity index (χ0) is 16.2. The van der Waals surface area contributed by atoms with Gasteiger partial charge in [0, 0.05) is 11.9 Å². The van der Waals surface area contributed by atoms with E-state index in [9.17, 15) is 18.4 Å². The predicted octanol–water partition coefficient (Wildman–Crippen LogP) is 1.25. The van der Waals surface area contributed by atoms with Crippen molar-refractivity contribution >= 4 is 46.4 Å². The summed E-state index contributed by atoms with van der Waals surface area (Å²) in [6.45, 7) is 1.14. The van der Waals surface area contributed by atoms with E-state index in [1.165, 1.54) is 12.1 Å². The van der Waals surface area contributed by atoms with Gasteiger partial charge < -0.3 is 11.1 Å². The molecule has 0 saturated heterocycles. The van der Waals surface area contributed by atoms with Crippen LogP contribution in [0.4, 0.5) is 14.5 Å². The average molecular weight is 337 g/mol. The summed E-state index contributed by atoms with van der Waals surface area (Å²) in [5.74, 6) is -6.25. The zero-order valence-electron chi connectivity index (χ0n) is 10.7. The van der Waals surface area contributed by atoms with Crippen molar-refractivity contribution in [3.63, 3.8) is 0 Å². The van der Waals surface area contributed by atoms with Crippen molar-refractivity contribution in [2.24, 2.45) is 5.73 Å². The number of nitrogens with two attached hydrogens (primary N) is 1. The molecule has 0 fully saturated rings. The first-order valence-corrected chi connectivity index (χ1v) is 6.24. The second-order valence-corrected chi connectivity index (χ2v) is 4.77. The number of halogens is 3. The van der Waals surface area contributed by atoms with Crippen molar-refractivity contribution in [2.75, 3.05) is 5.32 Å². The summed E-state index contributed by atoms with van der Waals surface area (Å²) in [4.78, 5) is 22.6. The van der Waals surface area contributed by atoms with Crippen molar-refractivity contribution < 1.29 is 18.4 Å². The molecule has 0 aliphatic heterocycles. The normalized spacial score (nSPS) is 10.7. The lowest BCUT2D eigenvalue weighted by atomic mass is 10.1. The van der Waals surface area contributed by atoms with E-state index in [4.69, 9.17) is 17.3 Å². The van der Waals surface area contributed by atoms with Crippen LogP contribution in [-0.4, -0.2) is 16.9 Å². The van der Waals surface area contributed by atoms with Crippen molar-refractivity contribution in [3.05, 3.63) is 28.8 Å². The van der Waals surface area contributed by atoms with Crippen molar-refractivity contribution in [3.8, 4) is 0 Å². The van der Waals surface area contributed by atoms with Crippen LogP contribution in [0.2, 0.25) is 5.02 Å². The Morgan fingerprint density at radius 2 is 1.95 bits per heavy atom. The largest absolute Gasteiger partial charge is 0.375 e. The van der Waals surface area contributed by atoms with Crippen LogP contribution in [0.25, 0.3) is 0 Å². The highest BCUT2D eigenvalue weighted by Gasteiger charge is 2.43. The van der Waals surface area contributed by atoms with E-state index < -0.39 is 23.3 Å². The third-order valence-corrected chi connectivity index (χ3v) is 2.55. The van der Waals surface area contributed by atoms with Crippen molar-refractivity contribution in [1.29, 1.82) is 0 Å². The molecule has 1 aromatic rings. The van der Waals surface area contributed by atoms with Gasteiger partial charge in [-0.3, -0.25) is 20.4 Å². The van der Waals surface area contributed by atoms with Crippen LogP contribution in [0.1, 0.15) is 12.5 Å². The Hall–Kier alpha value is -2.00. The molecule has 0 saturated carbocycles. The van der Waals surface area contributed by atoms with Crippen LogP contribution in [-0.2, 0) is 15.5 Å². The number of thiocarbonyl (C=S) groups is 1. The van der Waals surface area contributed by atoms with Crippen LogP contribution < -0.4 is 21.9 Å². The number of benzene rings is 1. The van der Waals surface area contributed by atoms with E-state index in [2.05, 4.69) is 17.5 Å². The van der Waals surface area contributed by atoms with Crippen LogP contribution in [0.15, 0.2) is 18.2 Å². The van der Waals surface area contributed by atoms with Gasteiger partial charge in [0.25, 0.3) is 0 Å². The molecule has 5 N–H and O–H groups in total. The number of hydrogen-bond donors (Lipinski definition) is 4. The molecule has 6 nitrogen and oxygen atoms in total. The van der Waals surface area contributed by atoms with Gasteiger partial charge in [-0.05, 0) is 30.4 Å². The molecule has 21 heavy (non-hydrogen) atoms. The van der Waals surface area contributed by atoms with Crippen molar-refractivity contribution in [2.45, 2.75) is 12.8 Å². The van der Waals surface area contributed by atoms with Gasteiger partial charge in [0.05, 0.1) is 11.3 Å². The van der Waals surface area contributed by atoms with Gasteiger partial charge in [-0.1, -0.05) is 11.6 Å². The lowest BCUT2D eigenvalue weighted by Crippen LogP contribution is -2.50. The molecule has 0 unspecified atom stereocenters. The first-order chi connectivity index (χ1) is 9.64. The molecular weight excluding hydrogens is 326 g/mol. The van der Waals surface area contributed by atoms with Gasteiger partial charge >= 0.3 is 11.8 Å². The summed E-state index contributed by atoms with van der Waals surface area (Å²) in [6.07, 6.45) is 0. The minimum Gasteiger partial charge on any atom is -0.375 e. The van der Waals surface area contributed by atoms with E-state index in [0.29, 0.717) is 0 Å². The SMILES string of the molecule is CC(=O)Nc1ccc(Cl)cc1C(F)(F)C(=O)NNC(N)=S. The van der Waals surface area contributed by atoms with E-state index in [-0.39, 0.29) is 15.8 Å². The number of hydrazine groups is 1. The van der Waals surface area contributed by atoms with E-state index >= 15 is 0 Å². The summed E-state index contributed by atoms with van der Waals surface area (Å²) in [5, 5.41) is 1.80. The van der Waals surface area contributed by atoms with Crippen LogP contribution in [0.3, 0.4) is 0 Å². The molecule has 0 heterocycles. The molecular formula is C11H11ClF2N4O2S. The number of amides is 2. The van der Waals surface area contributed by atoms with Crippen LogP contribution >= 0.6 is 23.8 Å². The lowest BCUT2D eigenvalue weighted by molar-refractivity contribution is -0.147. The summed E-state index contributed by atoms with van der Waals surface area (Å²) < 4.78 is 28.3. The van der Waals surface area contributed by atoms with Crippen LogP contribution in [0, 0.1) is 0 Å². The summed E-state index contributed by atoms with van der Waals surface area (Å²) >= 11 is 10.0. The third-order valence-electron chi connectivity index (χ3n) is 2.21. The zero-order valence-corrected chi connectivity index (χ0v) is 12.2. The van der Waals surface area contributed by atoms with Gasteiger partial charge in [0.15, 0.2) is 5.11 Å². The molecule has 114 valence electrons. The average Bonchev–Trinajstić information content (AvgIpc) is 2.37. The number of carbonyl (C=O) groups is 2. The highest BCUT2D eigenvalue weighted by molar-refractivity contribution is 7.80. The second-order valence-electron chi connectivity index (χ2n) is 3.89. The smallest absolute Gasteiger partial charge is 0.353 e. The number of rotatable bonds is 3. The standard InChI is InChI=1S/C11H11ClF2N4O2S/c1-5(19)16-8-3-2-6(12)4-7(8)11(13,14)9(20)17-18-10(15)21/h2-4H,1H3,(H,16,19)(H,17,20)(H3,15,18,21). The Bertz CT molecular complexity index is 598. The monoisotopic (exact) mass is 336 g/mol. The molecule has 0 spiro atoms. The first-order valence-electron chi connectivity index (χ1n) is 5.46. The molecule has 1 rings (SSSR count). The van der Waals surface area contributed by atoms with Crippen LogP contribution in [0.5, 0.6) is 0 Å². The maximum absolute atomic E-state index is 14.1. The Morgan fingerprint density at radius 1 is 1.33 bits per heavy atom. The van der Waals surface area contributed by atoms with Gasteiger partial charge in [-0.25, -0.2) is 0 Å². The second kappa shape index (κ2) is 6.64. The number of carbonyl (C=O) groups excluding carboxylic acids is 2. The van der Waals surface area contributed by atoms with Gasteiger partial charge in [0.2, 0.25) is 5.91 Å². The van der Waals surface area contributed by atoms with E-state index in [1.54, 1.807) is 5.43 Å². The minimum absolute atomic E-state index is 0.0196. The molecule has 0 aliphatic rings. The van der Waals surface area contributed by atoms with Crippen molar-refractivity contribution in [1.82, 2.24) is 10.9 Å². The van der Waals surface area contributed by atoms with Gasteiger partial charge in [-0.2, -0.15) is 8.78 Å². The lowest BCUT2D eigenvalue weighted by Gasteiger charge is -2.20. The molecule has 0 radical (unpaired) electrons. The molecule has 2 amide bonds. The fraction of sp³-hybridized carbons (Fsp3) is 0.182. The van der Waals surface area contributed by atoms with Gasteiger partial charge in [-0.15, -0.1) is 0 Å². The molecule has 10 heteroatoms. The first kappa shape index (κ1) is 17.1. The summed E-state index contributed by atoms with van der Waals surface area (Å²) in [6, 6.07) is 3.35. The number of anilines is 1. The molecule has 0 aliphatic carbocycles. The topological polar surface area (TPSA) is 96.2 Å². The minimum atomic E-state index is -3.97. The quantitative estimate of drug-likeness (QED) is 0.492. The third kappa shape index (κ3) is 4.50. The fourth-order valence-corrected chi connectivity index (χ4v) is 1.62. The number of nitrogens with one attached hydrogen (secondary N) is 3. The fourth-order valence-electron chi connectivity index (χ4n) is 1.39. The molecule has 1 aromatic carbocycles. The maximum Gasteiger partial charge on any atom is 0.353 e. The number of alkyl halides is 2. The Kier molecular flexibility index (Phi) is 5.39. The highest BCUT2D eigenvalue weighted by atomic mass is 35.5. The maximum atomic E-state index is 14.1. The Morgan fingerprint density at radius 3 is 2.48 bits per heavy atom. The highest BCUT2D eigenvalue weighted by Crippen LogP contribution is 2.35. The summed E-state index contributed by atoms with van der Waals surface area (Å²) in [7, 11) is 0. The molecule has 0 bridgehead atoms. The van der Waals surface area contributed by atoms with E-state index in [0.717, 1.165) is 13.0 Å². The Balaban J connectivity index is 3.16. The van der Waals surface area contributed by atoms with E-state index in [1.807, 2.05) is 5.43 Å². The Labute approximate surface area is 129 Å². The van der Waals surface area contributed by atoms with Gasteiger partial charge in [0.1, 0.15) is 0 Å². The summed E-state index contributed by atoms with van der Waals surface area (Å²) in [5.41, 5.74) is 7.60. The number of hydrogen-bond acceptors (Lipinski definition) is 3. The molecule has 0 atom stereocenters. The molecule has 0 aromatic heterocycles.